The SMILES string of the molecule is CC[C@]12C=C[C@@H](N(C(=O)Oc3ccccc3)C1)[C@@](Br)(C=O)C2. The van der Waals surface area contributed by atoms with Gasteiger partial charge in [0, 0.05) is 12.0 Å². The molecule has 2 bridgehead atoms. The summed E-state index contributed by atoms with van der Waals surface area (Å²) in [6.45, 7) is 2.66. The second kappa shape index (κ2) is 5.54. The zero-order valence-electron chi connectivity index (χ0n) is 12.4. The van der Waals surface area contributed by atoms with Gasteiger partial charge in [0.1, 0.15) is 16.4 Å². The number of para-hydroxylation sites is 1. The Balaban J connectivity index is 1.87. The molecule has 3 atom stereocenters. The zero-order chi connectivity index (χ0) is 15.8. The van der Waals surface area contributed by atoms with E-state index in [0.29, 0.717) is 18.7 Å². The molecule has 5 heteroatoms. The van der Waals surface area contributed by atoms with E-state index >= 15 is 0 Å². The van der Waals surface area contributed by atoms with E-state index < -0.39 is 10.4 Å². The van der Waals surface area contributed by atoms with Crippen molar-refractivity contribution in [2.45, 2.75) is 30.1 Å². The average Bonchev–Trinajstić information content (AvgIpc) is 2.56. The molecule has 0 unspecified atom stereocenters. The third kappa shape index (κ3) is 2.47. The summed E-state index contributed by atoms with van der Waals surface area (Å²) in [5.41, 5.74) is -0.172. The van der Waals surface area contributed by atoms with Crippen molar-refractivity contribution in [2.24, 2.45) is 5.41 Å². The molecule has 1 aromatic rings. The molecule has 0 spiro atoms. The van der Waals surface area contributed by atoms with Gasteiger partial charge < -0.3 is 9.53 Å². The van der Waals surface area contributed by atoms with Crippen molar-refractivity contribution in [2.75, 3.05) is 6.54 Å². The Morgan fingerprint density at radius 1 is 1.45 bits per heavy atom. The highest BCUT2D eigenvalue weighted by Crippen LogP contribution is 2.50. The lowest BCUT2D eigenvalue weighted by molar-refractivity contribution is -0.113. The lowest BCUT2D eigenvalue weighted by Crippen LogP contribution is -2.64. The molecule has 1 aliphatic carbocycles. The summed E-state index contributed by atoms with van der Waals surface area (Å²) in [6, 6.07) is 8.68. The minimum atomic E-state index is -0.730. The monoisotopic (exact) mass is 363 g/mol. The Hall–Kier alpha value is -1.62. The standard InChI is InChI=1S/C17H18BrNO3/c1-2-16-9-8-14(17(18,10-16)12-20)19(11-16)15(21)22-13-6-4-3-5-7-13/h3-9,12,14H,2,10-11H2,1H3/t14-,16-,17+/m1/s1. The normalized spacial score (nSPS) is 32.8. The number of alkyl halides is 1. The van der Waals surface area contributed by atoms with E-state index in [4.69, 9.17) is 4.74 Å². The number of rotatable bonds is 3. The fraction of sp³-hybridized carbons (Fsp3) is 0.412. The van der Waals surface area contributed by atoms with Gasteiger partial charge in [0.15, 0.2) is 0 Å². The number of halogens is 1. The van der Waals surface area contributed by atoms with Crippen LogP contribution in [0.2, 0.25) is 0 Å². The summed E-state index contributed by atoms with van der Waals surface area (Å²) in [7, 11) is 0. The average molecular weight is 364 g/mol. The first-order chi connectivity index (χ1) is 10.5. The molecule has 1 amide bonds. The van der Waals surface area contributed by atoms with E-state index in [0.717, 1.165) is 12.7 Å². The quantitative estimate of drug-likeness (QED) is 0.468. The number of hydrogen-bond acceptors (Lipinski definition) is 3. The molecule has 3 aliphatic rings. The van der Waals surface area contributed by atoms with Crippen LogP contribution in [0.3, 0.4) is 0 Å². The van der Waals surface area contributed by atoms with Crippen LogP contribution in [-0.4, -0.2) is 34.2 Å². The highest BCUT2D eigenvalue weighted by molar-refractivity contribution is 9.10. The number of carbonyl (C=O) groups is 2. The van der Waals surface area contributed by atoms with Gasteiger partial charge >= 0.3 is 6.09 Å². The number of carbonyl (C=O) groups excluding carboxylic acids is 2. The van der Waals surface area contributed by atoms with Gasteiger partial charge in [-0.15, -0.1) is 0 Å². The van der Waals surface area contributed by atoms with Crippen molar-refractivity contribution in [1.82, 2.24) is 4.90 Å². The van der Waals surface area contributed by atoms with Gasteiger partial charge in [0.05, 0.1) is 6.04 Å². The van der Waals surface area contributed by atoms with E-state index in [1.165, 1.54) is 0 Å². The molecule has 4 nitrogen and oxygen atoms in total. The van der Waals surface area contributed by atoms with Gasteiger partial charge in [-0.2, -0.15) is 0 Å². The fourth-order valence-electron chi connectivity index (χ4n) is 3.36. The van der Waals surface area contributed by atoms with Crippen LogP contribution in [0.1, 0.15) is 19.8 Å². The Morgan fingerprint density at radius 3 is 2.82 bits per heavy atom. The summed E-state index contributed by atoms with van der Waals surface area (Å²) >= 11 is 3.55. The molecule has 0 radical (unpaired) electrons. The first-order valence-corrected chi connectivity index (χ1v) is 8.19. The molecule has 1 aromatic carbocycles. The second-order valence-electron chi connectivity index (χ2n) is 6.05. The Labute approximate surface area is 138 Å². The molecule has 0 N–H and O–H groups in total. The van der Waals surface area contributed by atoms with Crippen LogP contribution in [0.4, 0.5) is 4.79 Å². The van der Waals surface area contributed by atoms with E-state index in [2.05, 4.69) is 28.9 Å². The summed E-state index contributed by atoms with van der Waals surface area (Å²) in [4.78, 5) is 25.8. The molecule has 0 aromatic heterocycles. The maximum Gasteiger partial charge on any atom is 0.415 e. The van der Waals surface area contributed by atoms with Crippen molar-refractivity contribution in [3.8, 4) is 5.75 Å². The first kappa shape index (κ1) is 15.3. The summed E-state index contributed by atoms with van der Waals surface area (Å²) in [6.07, 6.45) is 6.17. The highest BCUT2D eigenvalue weighted by atomic mass is 79.9. The summed E-state index contributed by atoms with van der Waals surface area (Å²) in [5, 5.41) is 0. The maximum atomic E-state index is 12.6. The minimum Gasteiger partial charge on any atom is -0.410 e. The van der Waals surface area contributed by atoms with Crippen molar-refractivity contribution >= 4 is 28.3 Å². The van der Waals surface area contributed by atoms with Crippen molar-refractivity contribution < 1.29 is 14.3 Å². The predicted octanol–water partition coefficient (Wildman–Crippen LogP) is 3.56. The molecule has 1 fully saturated rings. The van der Waals surface area contributed by atoms with Gasteiger partial charge in [-0.05, 0) is 25.0 Å². The summed E-state index contributed by atoms with van der Waals surface area (Å²) in [5.74, 6) is 0.509. The molecule has 2 heterocycles. The molecule has 0 saturated carbocycles. The Bertz CT molecular complexity index is 618. The van der Waals surface area contributed by atoms with Crippen molar-refractivity contribution in [1.29, 1.82) is 0 Å². The van der Waals surface area contributed by atoms with Crippen molar-refractivity contribution in [3.63, 3.8) is 0 Å². The first-order valence-electron chi connectivity index (χ1n) is 7.40. The second-order valence-corrected chi connectivity index (χ2v) is 7.53. The van der Waals surface area contributed by atoms with Crippen LogP contribution in [0, 0.1) is 5.41 Å². The molecular weight excluding hydrogens is 346 g/mol. The van der Waals surface area contributed by atoms with Gasteiger partial charge in [-0.25, -0.2) is 4.79 Å². The molecule has 4 rings (SSSR count). The lowest BCUT2D eigenvalue weighted by atomic mass is 9.66. The van der Waals surface area contributed by atoms with Gasteiger partial charge in [0.2, 0.25) is 0 Å². The number of benzene rings is 1. The number of fused-ring (bicyclic) bond motifs is 2. The largest absolute Gasteiger partial charge is 0.415 e. The number of nitrogens with zero attached hydrogens (tertiary/aromatic N) is 1. The van der Waals surface area contributed by atoms with Crippen LogP contribution in [-0.2, 0) is 4.79 Å². The molecule has 22 heavy (non-hydrogen) atoms. The van der Waals surface area contributed by atoms with Crippen LogP contribution in [0.15, 0.2) is 42.5 Å². The lowest BCUT2D eigenvalue weighted by Gasteiger charge is -2.54. The topological polar surface area (TPSA) is 46.6 Å². The maximum absolute atomic E-state index is 12.6. The van der Waals surface area contributed by atoms with E-state index in [1.54, 1.807) is 17.0 Å². The highest BCUT2D eigenvalue weighted by Gasteiger charge is 2.55. The number of aldehydes is 1. The number of ether oxygens (including phenoxy) is 1. The van der Waals surface area contributed by atoms with Crippen LogP contribution < -0.4 is 4.74 Å². The van der Waals surface area contributed by atoms with Gasteiger partial charge in [-0.1, -0.05) is 53.2 Å². The Morgan fingerprint density at radius 2 is 2.18 bits per heavy atom. The van der Waals surface area contributed by atoms with E-state index in [-0.39, 0.29) is 11.5 Å². The third-order valence-corrected chi connectivity index (χ3v) is 5.59. The fourth-order valence-corrected chi connectivity index (χ4v) is 4.32. The number of amides is 1. The summed E-state index contributed by atoms with van der Waals surface area (Å²) < 4.78 is 4.72. The smallest absolute Gasteiger partial charge is 0.410 e. The number of hydrogen-bond donors (Lipinski definition) is 0. The van der Waals surface area contributed by atoms with Crippen LogP contribution in [0.5, 0.6) is 5.75 Å². The molecule has 116 valence electrons. The van der Waals surface area contributed by atoms with E-state index in [1.807, 2.05) is 24.3 Å². The molecule has 2 aliphatic heterocycles. The third-order valence-electron chi connectivity index (χ3n) is 4.65. The van der Waals surface area contributed by atoms with Crippen molar-refractivity contribution in [3.05, 3.63) is 42.5 Å². The van der Waals surface area contributed by atoms with E-state index in [9.17, 15) is 9.59 Å². The zero-order valence-corrected chi connectivity index (χ0v) is 14.0. The minimum absolute atomic E-state index is 0.172. The molecular formula is C17H18BrNO3. The number of piperidine rings is 1. The van der Waals surface area contributed by atoms with Gasteiger partial charge in [-0.3, -0.25) is 4.90 Å². The van der Waals surface area contributed by atoms with Gasteiger partial charge in [0.25, 0.3) is 0 Å². The molecule has 1 saturated heterocycles. The van der Waals surface area contributed by atoms with Crippen LogP contribution >= 0.6 is 15.9 Å². The predicted molar refractivity (Wildman–Crippen MR) is 87.2 cm³/mol. The van der Waals surface area contributed by atoms with Crippen LogP contribution in [0.25, 0.3) is 0 Å². The Kier molecular flexibility index (Phi) is 3.85.